The van der Waals surface area contributed by atoms with Crippen LogP contribution in [0.25, 0.3) is 10.9 Å². The van der Waals surface area contributed by atoms with Crippen molar-refractivity contribution in [2.24, 2.45) is 7.05 Å². The van der Waals surface area contributed by atoms with Crippen molar-refractivity contribution in [1.82, 2.24) is 4.57 Å². The van der Waals surface area contributed by atoms with Gasteiger partial charge in [0.15, 0.2) is 0 Å². The van der Waals surface area contributed by atoms with E-state index in [0.29, 0.717) is 6.42 Å². The van der Waals surface area contributed by atoms with Gasteiger partial charge in [-0.1, -0.05) is 0 Å². The lowest BCUT2D eigenvalue weighted by atomic mass is 10.2. The van der Waals surface area contributed by atoms with Crippen molar-refractivity contribution in [1.29, 1.82) is 5.26 Å². The molecule has 3 heteroatoms. The first kappa shape index (κ1) is 10.6. The second-order valence-corrected chi connectivity index (χ2v) is 4.11. The van der Waals surface area contributed by atoms with Crippen LogP contribution in [-0.4, -0.2) is 10.6 Å². The van der Waals surface area contributed by atoms with Gasteiger partial charge in [-0.15, -0.1) is 0 Å². The van der Waals surface area contributed by atoms with Crippen molar-refractivity contribution >= 4 is 16.6 Å². The minimum atomic E-state index is 0.186. The number of hydrogen-bond acceptors (Lipinski definition) is 2. The zero-order valence-corrected chi connectivity index (χ0v) is 9.57. The molecule has 1 atom stereocenters. The molecule has 2 aromatic rings. The van der Waals surface area contributed by atoms with Crippen molar-refractivity contribution in [2.45, 2.75) is 19.4 Å². The third-order valence-corrected chi connectivity index (χ3v) is 2.70. The van der Waals surface area contributed by atoms with Crippen molar-refractivity contribution < 1.29 is 0 Å². The molecule has 0 aliphatic heterocycles. The summed E-state index contributed by atoms with van der Waals surface area (Å²) in [5.74, 6) is 0. The van der Waals surface area contributed by atoms with Gasteiger partial charge >= 0.3 is 0 Å². The Morgan fingerprint density at radius 3 is 3.00 bits per heavy atom. The first-order chi connectivity index (χ1) is 7.70. The van der Waals surface area contributed by atoms with Crippen LogP contribution in [0.4, 0.5) is 5.69 Å². The fourth-order valence-corrected chi connectivity index (χ4v) is 1.84. The van der Waals surface area contributed by atoms with Crippen LogP contribution in [0.1, 0.15) is 13.3 Å². The zero-order valence-electron chi connectivity index (χ0n) is 9.57. The van der Waals surface area contributed by atoms with Gasteiger partial charge in [-0.2, -0.15) is 5.26 Å². The largest absolute Gasteiger partial charge is 0.382 e. The molecule has 1 unspecified atom stereocenters. The molecule has 1 aromatic carbocycles. The standard InChI is InChI=1S/C13H15N3/c1-10(5-7-14)15-12-3-4-13-11(9-12)6-8-16(13)2/h3-4,6,8-10,15H,5H2,1-2H3. The summed E-state index contributed by atoms with van der Waals surface area (Å²) in [5.41, 5.74) is 2.29. The lowest BCUT2D eigenvalue weighted by molar-refractivity contribution is 0.821. The van der Waals surface area contributed by atoms with E-state index in [1.165, 1.54) is 10.9 Å². The topological polar surface area (TPSA) is 40.8 Å². The Bertz CT molecular complexity index is 534. The van der Waals surface area contributed by atoms with Gasteiger partial charge in [0.2, 0.25) is 0 Å². The molecule has 82 valence electrons. The van der Waals surface area contributed by atoms with Crippen molar-refractivity contribution in [3.63, 3.8) is 0 Å². The fraction of sp³-hybridized carbons (Fsp3) is 0.308. The maximum absolute atomic E-state index is 8.60. The second-order valence-electron chi connectivity index (χ2n) is 4.11. The number of nitrogens with one attached hydrogen (secondary N) is 1. The Morgan fingerprint density at radius 1 is 1.44 bits per heavy atom. The van der Waals surface area contributed by atoms with E-state index in [1.807, 2.05) is 20.2 Å². The van der Waals surface area contributed by atoms with Gasteiger partial charge in [0.25, 0.3) is 0 Å². The molecule has 0 amide bonds. The van der Waals surface area contributed by atoms with E-state index in [1.54, 1.807) is 0 Å². The number of aromatic nitrogens is 1. The van der Waals surface area contributed by atoms with E-state index < -0.39 is 0 Å². The summed E-state index contributed by atoms with van der Waals surface area (Å²) in [7, 11) is 2.04. The number of aryl methyl sites for hydroxylation is 1. The quantitative estimate of drug-likeness (QED) is 0.851. The molecule has 0 saturated heterocycles. The summed E-state index contributed by atoms with van der Waals surface area (Å²) in [4.78, 5) is 0. The summed E-state index contributed by atoms with van der Waals surface area (Å²) in [5, 5.41) is 13.1. The molecule has 0 fully saturated rings. The number of benzene rings is 1. The molecule has 1 aromatic heterocycles. The van der Waals surface area contributed by atoms with E-state index in [2.05, 4.69) is 40.2 Å². The third-order valence-electron chi connectivity index (χ3n) is 2.70. The maximum Gasteiger partial charge on any atom is 0.0643 e. The molecular formula is C13H15N3. The third kappa shape index (κ3) is 2.01. The summed E-state index contributed by atoms with van der Waals surface area (Å²) >= 11 is 0. The molecule has 0 bridgehead atoms. The lowest BCUT2D eigenvalue weighted by Gasteiger charge is -2.11. The van der Waals surface area contributed by atoms with Gasteiger partial charge in [0.1, 0.15) is 0 Å². The zero-order chi connectivity index (χ0) is 11.5. The predicted octanol–water partition coefficient (Wildman–Crippen LogP) is 2.89. The number of rotatable bonds is 3. The van der Waals surface area contributed by atoms with Crippen LogP contribution in [0, 0.1) is 11.3 Å². The van der Waals surface area contributed by atoms with Gasteiger partial charge in [0.05, 0.1) is 12.5 Å². The molecule has 2 rings (SSSR count). The Hall–Kier alpha value is -1.95. The Kier molecular flexibility index (Phi) is 2.82. The van der Waals surface area contributed by atoms with E-state index in [9.17, 15) is 0 Å². The first-order valence-electron chi connectivity index (χ1n) is 5.39. The SMILES string of the molecule is CC(CC#N)Nc1ccc2c(ccn2C)c1. The molecule has 0 aliphatic carbocycles. The fourth-order valence-electron chi connectivity index (χ4n) is 1.84. The van der Waals surface area contributed by atoms with E-state index in [0.717, 1.165) is 5.69 Å². The van der Waals surface area contributed by atoms with Crippen molar-refractivity contribution in [3.05, 3.63) is 30.5 Å². The van der Waals surface area contributed by atoms with Crippen LogP contribution in [0.2, 0.25) is 0 Å². The first-order valence-corrected chi connectivity index (χ1v) is 5.39. The van der Waals surface area contributed by atoms with Gasteiger partial charge in [-0.05, 0) is 31.2 Å². The maximum atomic E-state index is 8.60. The lowest BCUT2D eigenvalue weighted by Crippen LogP contribution is -2.13. The summed E-state index contributed by atoms with van der Waals surface area (Å²) < 4.78 is 2.10. The minimum absolute atomic E-state index is 0.186. The van der Waals surface area contributed by atoms with Crippen LogP contribution >= 0.6 is 0 Å². The highest BCUT2D eigenvalue weighted by molar-refractivity contribution is 5.83. The molecule has 16 heavy (non-hydrogen) atoms. The van der Waals surface area contributed by atoms with Crippen molar-refractivity contribution in [2.75, 3.05) is 5.32 Å². The Labute approximate surface area is 95.3 Å². The van der Waals surface area contributed by atoms with Crippen LogP contribution in [0.15, 0.2) is 30.5 Å². The number of hydrogen-bond donors (Lipinski definition) is 1. The molecule has 0 spiro atoms. The Morgan fingerprint density at radius 2 is 2.25 bits per heavy atom. The Balaban J connectivity index is 2.23. The van der Waals surface area contributed by atoms with Crippen molar-refractivity contribution in [3.8, 4) is 6.07 Å². The molecule has 3 nitrogen and oxygen atoms in total. The van der Waals surface area contributed by atoms with Crippen LogP contribution in [-0.2, 0) is 7.05 Å². The average Bonchev–Trinajstić information content (AvgIpc) is 2.60. The predicted molar refractivity (Wildman–Crippen MR) is 66.2 cm³/mol. The molecule has 1 N–H and O–H groups in total. The second kappa shape index (κ2) is 4.28. The molecule has 0 aliphatic rings. The smallest absolute Gasteiger partial charge is 0.0643 e. The van der Waals surface area contributed by atoms with Gasteiger partial charge < -0.3 is 9.88 Å². The monoisotopic (exact) mass is 213 g/mol. The van der Waals surface area contributed by atoms with Gasteiger partial charge in [0, 0.05) is 35.9 Å². The number of nitrogens with zero attached hydrogens (tertiary/aromatic N) is 2. The molecule has 0 radical (unpaired) electrons. The van der Waals surface area contributed by atoms with Crippen LogP contribution < -0.4 is 5.32 Å². The van der Waals surface area contributed by atoms with E-state index in [-0.39, 0.29) is 6.04 Å². The summed E-state index contributed by atoms with van der Waals surface area (Å²) in [6.07, 6.45) is 2.57. The average molecular weight is 213 g/mol. The van der Waals surface area contributed by atoms with E-state index >= 15 is 0 Å². The van der Waals surface area contributed by atoms with Gasteiger partial charge in [-0.3, -0.25) is 0 Å². The molecule has 1 heterocycles. The highest BCUT2D eigenvalue weighted by atomic mass is 14.9. The number of anilines is 1. The summed E-state index contributed by atoms with van der Waals surface area (Å²) in [6.45, 7) is 2.01. The minimum Gasteiger partial charge on any atom is -0.382 e. The number of nitriles is 1. The van der Waals surface area contributed by atoms with Crippen LogP contribution in [0.5, 0.6) is 0 Å². The van der Waals surface area contributed by atoms with E-state index in [4.69, 9.17) is 5.26 Å². The van der Waals surface area contributed by atoms with Gasteiger partial charge in [-0.25, -0.2) is 0 Å². The molecule has 0 saturated carbocycles. The normalized spacial score (nSPS) is 12.3. The number of fused-ring (bicyclic) bond motifs is 1. The highest BCUT2D eigenvalue weighted by Crippen LogP contribution is 2.20. The summed E-state index contributed by atoms with van der Waals surface area (Å²) in [6, 6.07) is 10.7. The highest BCUT2D eigenvalue weighted by Gasteiger charge is 2.03. The molecular weight excluding hydrogens is 198 g/mol. The van der Waals surface area contributed by atoms with Crippen LogP contribution in [0.3, 0.4) is 0 Å².